The zero-order valence-electron chi connectivity index (χ0n) is 22.9. The molecule has 0 bridgehead atoms. The van der Waals surface area contributed by atoms with Gasteiger partial charge in [-0.25, -0.2) is 9.59 Å². The first-order valence-electron chi connectivity index (χ1n) is 12.8. The van der Waals surface area contributed by atoms with Gasteiger partial charge < -0.3 is 35.0 Å². The van der Waals surface area contributed by atoms with E-state index >= 15 is 0 Å². The highest BCUT2D eigenvalue weighted by atomic mass is 16.6. The van der Waals surface area contributed by atoms with E-state index in [9.17, 15) is 24.3 Å². The molecule has 2 rings (SSSR count). The van der Waals surface area contributed by atoms with Crippen molar-refractivity contribution in [2.75, 3.05) is 19.7 Å². The molecule has 1 aromatic rings. The normalized spacial score (nSPS) is 18.4. The minimum Gasteiger partial charge on any atom is -0.481 e. The van der Waals surface area contributed by atoms with Crippen LogP contribution in [0.4, 0.5) is 9.59 Å². The van der Waals surface area contributed by atoms with Gasteiger partial charge in [-0.1, -0.05) is 44.2 Å². The van der Waals surface area contributed by atoms with Gasteiger partial charge in [-0.3, -0.25) is 9.59 Å². The third kappa shape index (κ3) is 12.3. The lowest BCUT2D eigenvalue weighted by atomic mass is 9.95. The number of hydrogen-bond donors (Lipinski definition) is 4. The zero-order chi connectivity index (χ0) is 28.9. The fourth-order valence-electron chi connectivity index (χ4n) is 3.72. The topological polar surface area (TPSA) is 163 Å². The molecule has 11 nitrogen and oxygen atoms in total. The van der Waals surface area contributed by atoms with Crippen LogP contribution in [-0.2, 0) is 25.7 Å². The highest BCUT2D eigenvalue weighted by molar-refractivity contribution is 5.71. The monoisotopic (exact) mass is 538 g/mol. The van der Waals surface area contributed by atoms with E-state index in [1.165, 1.54) is 4.90 Å². The van der Waals surface area contributed by atoms with E-state index in [0.717, 1.165) is 5.56 Å². The van der Waals surface area contributed by atoms with Crippen molar-refractivity contribution in [2.24, 2.45) is 17.8 Å². The summed E-state index contributed by atoms with van der Waals surface area (Å²) in [6.07, 6.45) is 0.410. The van der Waals surface area contributed by atoms with Crippen LogP contribution < -0.4 is 5.32 Å². The summed E-state index contributed by atoms with van der Waals surface area (Å²) in [6, 6.07) is 9.03. The van der Waals surface area contributed by atoms with Crippen LogP contribution in [0.2, 0.25) is 0 Å². The Hall–Kier alpha value is -3.34. The predicted octanol–water partition coefficient (Wildman–Crippen LogP) is 3.74. The number of carbonyl (C=O) groups is 4. The molecule has 0 spiro atoms. The molecule has 38 heavy (non-hydrogen) atoms. The number of rotatable bonds is 10. The summed E-state index contributed by atoms with van der Waals surface area (Å²) >= 11 is 0. The summed E-state index contributed by atoms with van der Waals surface area (Å²) in [5.74, 6) is -2.80. The van der Waals surface area contributed by atoms with E-state index in [4.69, 9.17) is 19.7 Å². The summed E-state index contributed by atoms with van der Waals surface area (Å²) in [4.78, 5) is 46.6. The molecule has 1 heterocycles. The maximum absolute atomic E-state index is 12.2. The van der Waals surface area contributed by atoms with Crippen molar-refractivity contribution < 1.29 is 44.0 Å². The fraction of sp³-hybridized carbons (Fsp3) is 0.630. The Kier molecular flexibility index (Phi) is 13.6. The predicted molar refractivity (Wildman–Crippen MR) is 139 cm³/mol. The number of carboxylic acids is 2. The Morgan fingerprint density at radius 2 is 1.68 bits per heavy atom. The molecule has 0 aromatic heterocycles. The van der Waals surface area contributed by atoms with E-state index in [2.05, 4.69) is 5.32 Å². The number of nitrogens with one attached hydrogen (secondary N) is 1. The molecule has 0 radical (unpaired) electrons. The molecule has 1 aliphatic heterocycles. The number of carbonyl (C=O) groups excluding carboxylic acids is 2. The number of likely N-dealkylation sites (tertiary alicyclic amines) is 1. The number of nitrogens with zero attached hydrogens (tertiary/aromatic N) is 1. The van der Waals surface area contributed by atoms with E-state index in [0.29, 0.717) is 25.8 Å². The van der Waals surface area contributed by atoms with Crippen molar-refractivity contribution in [1.29, 1.82) is 0 Å². The average Bonchev–Trinajstić information content (AvgIpc) is 3.25. The Morgan fingerprint density at radius 3 is 2.18 bits per heavy atom. The number of carboxylic acid groups (broad SMARTS) is 2. The van der Waals surface area contributed by atoms with Crippen LogP contribution in [0.25, 0.3) is 0 Å². The van der Waals surface area contributed by atoms with Gasteiger partial charge in [0.1, 0.15) is 12.2 Å². The first-order chi connectivity index (χ1) is 17.8. The molecule has 1 saturated heterocycles. The Morgan fingerprint density at radius 1 is 1.05 bits per heavy atom. The minimum atomic E-state index is -0.861. The number of alkyl carbamates (subject to hydrolysis) is 1. The molecular weight excluding hydrogens is 496 g/mol. The number of hydrogen-bond acceptors (Lipinski definition) is 7. The van der Waals surface area contributed by atoms with Crippen molar-refractivity contribution in [1.82, 2.24) is 10.2 Å². The highest BCUT2D eigenvalue weighted by Gasteiger charge is 2.37. The number of aliphatic hydroxyl groups excluding tert-OH is 1. The van der Waals surface area contributed by atoms with Gasteiger partial charge in [0.05, 0.1) is 17.9 Å². The van der Waals surface area contributed by atoms with Crippen molar-refractivity contribution in [3.05, 3.63) is 35.9 Å². The van der Waals surface area contributed by atoms with Crippen LogP contribution in [-0.4, -0.2) is 75.7 Å². The molecule has 4 N–H and O–H groups in total. The second-order valence-corrected chi connectivity index (χ2v) is 10.4. The summed E-state index contributed by atoms with van der Waals surface area (Å²) in [5.41, 5.74) is 0.295. The van der Waals surface area contributed by atoms with Crippen molar-refractivity contribution in [2.45, 2.75) is 72.1 Å². The lowest BCUT2D eigenvalue weighted by Crippen LogP contribution is -2.44. The van der Waals surface area contributed by atoms with Gasteiger partial charge in [-0.2, -0.15) is 0 Å². The van der Waals surface area contributed by atoms with E-state index in [1.807, 2.05) is 30.3 Å². The summed E-state index contributed by atoms with van der Waals surface area (Å²) < 4.78 is 10.5. The Bertz CT molecular complexity index is 902. The molecule has 11 heteroatoms. The van der Waals surface area contributed by atoms with E-state index in [1.54, 1.807) is 34.6 Å². The molecule has 0 saturated carbocycles. The van der Waals surface area contributed by atoms with Gasteiger partial charge >= 0.3 is 24.1 Å². The molecular formula is C27H42N2O9. The van der Waals surface area contributed by atoms with Gasteiger partial charge in [0.25, 0.3) is 0 Å². The fourth-order valence-corrected chi connectivity index (χ4v) is 3.72. The third-order valence-electron chi connectivity index (χ3n) is 6.05. The highest BCUT2D eigenvalue weighted by Crippen LogP contribution is 2.19. The summed E-state index contributed by atoms with van der Waals surface area (Å²) in [6.45, 7) is 9.37. The number of ether oxygens (including phenoxy) is 2. The molecule has 1 aromatic carbocycles. The molecule has 214 valence electrons. The van der Waals surface area contributed by atoms with Gasteiger partial charge in [0.15, 0.2) is 0 Å². The standard InChI is InChI=1S/C18H26N2O5.C9H16O4/c1-18(2,3)25-16(22)19-15-10-20(9-14(15)11-21)17(23)24-12-13-7-5-4-6-8-13;1-3-7(9(12)13)5-4-6(2)8(10)11/h4-8,14-15,21H,9-12H2,1-3H3,(H,19,22);6-7H,3-5H2,1-2H3,(H,10,11)(H,12,13). The molecule has 4 atom stereocenters. The molecule has 2 amide bonds. The van der Waals surface area contributed by atoms with Crippen LogP contribution >= 0.6 is 0 Å². The van der Waals surface area contributed by atoms with Crippen molar-refractivity contribution >= 4 is 24.1 Å². The first-order valence-corrected chi connectivity index (χ1v) is 12.8. The minimum absolute atomic E-state index is 0.136. The number of benzene rings is 1. The first kappa shape index (κ1) is 32.7. The van der Waals surface area contributed by atoms with Gasteiger partial charge in [0.2, 0.25) is 0 Å². The van der Waals surface area contributed by atoms with Crippen molar-refractivity contribution in [3.8, 4) is 0 Å². The number of amides is 2. The molecule has 1 fully saturated rings. The Balaban J connectivity index is 0.000000471. The summed E-state index contributed by atoms with van der Waals surface area (Å²) in [7, 11) is 0. The molecule has 1 aliphatic rings. The Labute approximate surface area is 224 Å². The lowest BCUT2D eigenvalue weighted by molar-refractivity contribution is -0.144. The maximum atomic E-state index is 12.2. The quantitative estimate of drug-likeness (QED) is 0.347. The van der Waals surface area contributed by atoms with Crippen LogP contribution in [0.5, 0.6) is 0 Å². The third-order valence-corrected chi connectivity index (χ3v) is 6.05. The largest absolute Gasteiger partial charge is 0.481 e. The molecule has 0 aliphatic carbocycles. The van der Waals surface area contributed by atoms with Gasteiger partial charge in [0, 0.05) is 25.6 Å². The zero-order valence-corrected chi connectivity index (χ0v) is 22.9. The lowest BCUT2D eigenvalue weighted by Gasteiger charge is -2.23. The molecule has 4 unspecified atom stereocenters. The number of aliphatic carboxylic acids is 2. The maximum Gasteiger partial charge on any atom is 0.410 e. The van der Waals surface area contributed by atoms with Crippen LogP contribution in [0.1, 0.15) is 59.4 Å². The smallest absolute Gasteiger partial charge is 0.410 e. The van der Waals surface area contributed by atoms with E-state index < -0.39 is 41.6 Å². The second-order valence-electron chi connectivity index (χ2n) is 10.4. The van der Waals surface area contributed by atoms with E-state index in [-0.39, 0.29) is 31.7 Å². The van der Waals surface area contributed by atoms with Crippen LogP contribution in [0.3, 0.4) is 0 Å². The summed E-state index contributed by atoms with van der Waals surface area (Å²) in [5, 5.41) is 29.5. The van der Waals surface area contributed by atoms with Crippen LogP contribution in [0.15, 0.2) is 30.3 Å². The van der Waals surface area contributed by atoms with Crippen LogP contribution in [0, 0.1) is 17.8 Å². The average molecular weight is 539 g/mol. The SMILES string of the molecule is CC(C)(C)OC(=O)NC1CN(C(=O)OCc2ccccc2)CC1CO.CCC(CCC(C)C(=O)O)C(=O)O. The van der Waals surface area contributed by atoms with Gasteiger partial charge in [-0.15, -0.1) is 0 Å². The van der Waals surface area contributed by atoms with Crippen molar-refractivity contribution in [3.63, 3.8) is 0 Å². The van der Waals surface area contributed by atoms with Gasteiger partial charge in [-0.05, 0) is 45.6 Å². The second kappa shape index (κ2) is 15.8. The number of aliphatic hydroxyl groups is 1.